The summed E-state index contributed by atoms with van der Waals surface area (Å²) in [7, 11) is 0. The number of hydrogen-bond donors (Lipinski definition) is 0. The van der Waals surface area contributed by atoms with Gasteiger partial charge in [-0.25, -0.2) is 0 Å². The molecule has 0 N–H and O–H groups in total. The van der Waals surface area contributed by atoms with Crippen LogP contribution < -0.4 is 4.90 Å². The van der Waals surface area contributed by atoms with Crippen LogP contribution in [0.2, 0.25) is 10.0 Å². The van der Waals surface area contributed by atoms with Gasteiger partial charge in [0.15, 0.2) is 12.4 Å². The lowest BCUT2D eigenvalue weighted by Crippen LogP contribution is -2.27. The summed E-state index contributed by atoms with van der Waals surface area (Å²) in [4.78, 5) is 38.1. The normalized spacial score (nSPS) is 16.5. The number of esters is 1. The van der Waals surface area contributed by atoms with E-state index < -0.39 is 11.9 Å². The van der Waals surface area contributed by atoms with Gasteiger partial charge < -0.3 is 9.64 Å². The van der Waals surface area contributed by atoms with Crippen LogP contribution in [0.25, 0.3) is 0 Å². The Morgan fingerprint density at radius 3 is 2.56 bits per heavy atom. The second-order valence-corrected chi connectivity index (χ2v) is 7.16. The van der Waals surface area contributed by atoms with Gasteiger partial charge in [-0.15, -0.1) is 0 Å². The number of carbonyl (C=O) groups excluding carboxylic acids is 3. The van der Waals surface area contributed by atoms with E-state index in [1.807, 2.05) is 19.1 Å². The Balaban J connectivity index is 1.61. The molecule has 1 saturated heterocycles. The fourth-order valence-corrected chi connectivity index (χ4v) is 3.27. The zero-order valence-corrected chi connectivity index (χ0v) is 16.1. The number of anilines is 1. The monoisotopic (exact) mass is 405 g/mol. The van der Waals surface area contributed by atoms with Crippen molar-refractivity contribution < 1.29 is 19.1 Å². The topological polar surface area (TPSA) is 63.7 Å². The van der Waals surface area contributed by atoms with Crippen molar-refractivity contribution in [3.05, 3.63) is 63.6 Å². The molecule has 27 heavy (non-hydrogen) atoms. The van der Waals surface area contributed by atoms with E-state index in [4.69, 9.17) is 27.9 Å². The summed E-state index contributed by atoms with van der Waals surface area (Å²) in [5.74, 6) is -1.77. The van der Waals surface area contributed by atoms with Gasteiger partial charge in [0.25, 0.3) is 0 Å². The Labute approximate surface area is 166 Å². The maximum absolute atomic E-state index is 12.3. The van der Waals surface area contributed by atoms with Crippen molar-refractivity contribution in [3.8, 4) is 0 Å². The molecule has 0 spiro atoms. The molecule has 0 saturated carbocycles. The van der Waals surface area contributed by atoms with Crippen molar-refractivity contribution >= 4 is 46.5 Å². The average Bonchev–Trinajstić information content (AvgIpc) is 3.04. The highest BCUT2D eigenvalue weighted by Crippen LogP contribution is 2.35. The van der Waals surface area contributed by atoms with Gasteiger partial charge in [-0.2, -0.15) is 0 Å². The van der Waals surface area contributed by atoms with E-state index in [0.717, 1.165) is 5.56 Å². The van der Waals surface area contributed by atoms with E-state index in [2.05, 4.69) is 0 Å². The van der Waals surface area contributed by atoms with E-state index in [1.54, 1.807) is 30.3 Å². The number of benzene rings is 2. The van der Waals surface area contributed by atoms with Crippen LogP contribution >= 0.6 is 23.2 Å². The Morgan fingerprint density at radius 2 is 1.85 bits per heavy atom. The third-order valence-electron chi connectivity index (χ3n) is 4.40. The van der Waals surface area contributed by atoms with Gasteiger partial charge in [0.2, 0.25) is 5.91 Å². The molecule has 0 radical (unpaired) electrons. The molecule has 0 bridgehead atoms. The Morgan fingerprint density at radius 1 is 1.15 bits per heavy atom. The van der Waals surface area contributed by atoms with Gasteiger partial charge in [-0.3, -0.25) is 14.4 Å². The molecule has 1 heterocycles. The minimum absolute atomic E-state index is 0.000395. The van der Waals surface area contributed by atoms with Crippen molar-refractivity contribution in [2.75, 3.05) is 18.1 Å². The second-order valence-electron chi connectivity index (χ2n) is 6.38. The number of ether oxygens (including phenoxy) is 1. The lowest BCUT2D eigenvalue weighted by molar-refractivity contribution is -0.147. The maximum atomic E-state index is 12.3. The molecule has 3 rings (SSSR count). The van der Waals surface area contributed by atoms with Crippen LogP contribution in [-0.4, -0.2) is 30.8 Å². The van der Waals surface area contributed by atoms with E-state index >= 15 is 0 Å². The van der Waals surface area contributed by atoms with Crippen LogP contribution in [0.5, 0.6) is 0 Å². The molecule has 1 fully saturated rings. The third-order valence-corrected chi connectivity index (χ3v) is 5.21. The molecule has 0 unspecified atom stereocenters. The first-order valence-corrected chi connectivity index (χ1v) is 9.13. The molecular formula is C20H17Cl2NO4. The van der Waals surface area contributed by atoms with Crippen molar-refractivity contribution in [1.29, 1.82) is 0 Å². The number of aryl methyl sites for hydroxylation is 1. The van der Waals surface area contributed by atoms with E-state index in [0.29, 0.717) is 16.3 Å². The quantitative estimate of drug-likeness (QED) is 0.555. The predicted octanol–water partition coefficient (Wildman–Crippen LogP) is 4.08. The summed E-state index contributed by atoms with van der Waals surface area (Å²) < 4.78 is 5.13. The number of ketones is 1. The van der Waals surface area contributed by atoms with Crippen LogP contribution in [0.3, 0.4) is 0 Å². The van der Waals surface area contributed by atoms with Crippen LogP contribution in [0.4, 0.5) is 5.69 Å². The first-order chi connectivity index (χ1) is 12.9. The number of amides is 1. The number of halogens is 2. The van der Waals surface area contributed by atoms with Crippen molar-refractivity contribution in [2.24, 2.45) is 5.92 Å². The number of hydrogen-bond acceptors (Lipinski definition) is 4. The number of nitrogens with zero attached hydrogens (tertiary/aromatic N) is 1. The first kappa shape index (κ1) is 19.4. The molecule has 7 heteroatoms. The SMILES string of the molecule is Cc1ccc(C(=O)COC(=O)[C@H]2CC(=O)N(c3cccc(Cl)c3Cl)C2)cc1. The molecule has 1 aliphatic heterocycles. The maximum Gasteiger partial charge on any atom is 0.311 e. The zero-order valence-electron chi connectivity index (χ0n) is 14.6. The summed E-state index contributed by atoms with van der Waals surface area (Å²) in [6, 6.07) is 12.0. The van der Waals surface area contributed by atoms with Crippen molar-refractivity contribution in [2.45, 2.75) is 13.3 Å². The first-order valence-electron chi connectivity index (χ1n) is 8.37. The van der Waals surface area contributed by atoms with E-state index in [9.17, 15) is 14.4 Å². The summed E-state index contributed by atoms with van der Waals surface area (Å²) in [6.07, 6.45) is 0.000395. The number of rotatable bonds is 5. The van der Waals surface area contributed by atoms with Crippen LogP contribution in [0.1, 0.15) is 22.3 Å². The predicted molar refractivity (Wildman–Crippen MR) is 103 cm³/mol. The van der Waals surface area contributed by atoms with Gasteiger partial charge in [0.05, 0.1) is 21.7 Å². The number of carbonyl (C=O) groups is 3. The van der Waals surface area contributed by atoms with Crippen molar-refractivity contribution in [1.82, 2.24) is 0 Å². The van der Waals surface area contributed by atoms with E-state index in [-0.39, 0.29) is 36.3 Å². The minimum Gasteiger partial charge on any atom is -0.457 e. The lowest BCUT2D eigenvalue weighted by Gasteiger charge is -2.18. The highest BCUT2D eigenvalue weighted by atomic mass is 35.5. The number of Topliss-reactive ketones (excluding diaryl/α,β-unsaturated/α-hetero) is 1. The molecule has 2 aromatic rings. The standard InChI is InChI=1S/C20H17Cl2NO4/c1-12-5-7-13(8-6-12)17(24)11-27-20(26)14-9-18(25)23(10-14)16-4-2-3-15(21)19(16)22/h2-8,14H,9-11H2,1H3/t14-/m0/s1. The van der Waals surface area contributed by atoms with Crippen LogP contribution in [0.15, 0.2) is 42.5 Å². The highest BCUT2D eigenvalue weighted by molar-refractivity contribution is 6.44. The van der Waals surface area contributed by atoms with Gasteiger partial charge >= 0.3 is 5.97 Å². The zero-order chi connectivity index (χ0) is 19.6. The summed E-state index contributed by atoms with van der Waals surface area (Å²) in [6.45, 7) is 1.70. The minimum atomic E-state index is -0.654. The molecular weight excluding hydrogens is 389 g/mol. The smallest absolute Gasteiger partial charge is 0.311 e. The molecule has 2 aromatic carbocycles. The largest absolute Gasteiger partial charge is 0.457 e. The molecule has 1 aliphatic rings. The molecule has 1 atom stereocenters. The molecule has 140 valence electrons. The van der Waals surface area contributed by atoms with Gasteiger partial charge in [-0.05, 0) is 19.1 Å². The third kappa shape index (κ3) is 4.31. The summed E-state index contributed by atoms with van der Waals surface area (Å²) in [5.41, 5.74) is 1.97. The van der Waals surface area contributed by atoms with Crippen molar-refractivity contribution in [3.63, 3.8) is 0 Å². The molecule has 0 aromatic heterocycles. The van der Waals surface area contributed by atoms with E-state index in [1.165, 1.54) is 4.90 Å². The lowest BCUT2D eigenvalue weighted by atomic mass is 10.1. The molecule has 5 nitrogen and oxygen atoms in total. The van der Waals surface area contributed by atoms with Crippen LogP contribution in [-0.2, 0) is 14.3 Å². The van der Waals surface area contributed by atoms with Crippen LogP contribution in [0, 0.1) is 12.8 Å². The van der Waals surface area contributed by atoms with Gasteiger partial charge in [0.1, 0.15) is 0 Å². The Bertz CT molecular complexity index is 895. The van der Waals surface area contributed by atoms with Gasteiger partial charge in [-0.1, -0.05) is 59.1 Å². The summed E-state index contributed by atoms with van der Waals surface area (Å²) in [5, 5.41) is 0.591. The Kier molecular flexibility index (Phi) is 5.82. The molecule has 0 aliphatic carbocycles. The second kappa shape index (κ2) is 8.11. The fourth-order valence-electron chi connectivity index (χ4n) is 2.88. The molecule has 1 amide bonds. The Hall–Kier alpha value is -2.37. The summed E-state index contributed by atoms with van der Waals surface area (Å²) >= 11 is 12.2. The fraction of sp³-hybridized carbons (Fsp3) is 0.250. The average molecular weight is 406 g/mol. The highest BCUT2D eigenvalue weighted by Gasteiger charge is 2.37. The van der Waals surface area contributed by atoms with Gasteiger partial charge in [0, 0.05) is 18.5 Å².